The number of carboxylic acids is 1. The fourth-order valence-electron chi connectivity index (χ4n) is 1.96. The number of aromatic amines is 1. The van der Waals surface area contributed by atoms with Crippen LogP contribution in [0.4, 0.5) is 4.39 Å². The monoisotopic (exact) mass is 262 g/mol. The minimum atomic E-state index is -0.857. The lowest BCUT2D eigenvalue weighted by atomic mass is 10.1. The van der Waals surface area contributed by atoms with Gasteiger partial charge in [0.15, 0.2) is 0 Å². The molecule has 1 unspecified atom stereocenters. The lowest BCUT2D eigenvalue weighted by Gasteiger charge is -2.03. The van der Waals surface area contributed by atoms with E-state index in [1.165, 1.54) is 12.1 Å². The van der Waals surface area contributed by atoms with Crippen molar-refractivity contribution in [2.75, 3.05) is 0 Å². The molecular formula is C14H15FN2O2. The fourth-order valence-corrected chi connectivity index (χ4v) is 1.96. The van der Waals surface area contributed by atoms with Crippen molar-refractivity contribution in [1.29, 1.82) is 0 Å². The number of carboxylic acid groups (broad SMARTS) is 1. The van der Waals surface area contributed by atoms with Crippen molar-refractivity contribution in [2.45, 2.75) is 26.2 Å². The van der Waals surface area contributed by atoms with Crippen LogP contribution in [0.3, 0.4) is 0 Å². The molecule has 100 valence electrons. The molecule has 19 heavy (non-hydrogen) atoms. The number of imidazole rings is 1. The molecule has 5 heteroatoms. The molecule has 0 saturated carbocycles. The molecule has 1 atom stereocenters. The molecule has 2 aromatic rings. The molecular weight excluding hydrogens is 247 g/mol. The number of aryl methyl sites for hydroxylation is 1. The van der Waals surface area contributed by atoms with Crippen LogP contribution in [0.25, 0.3) is 11.3 Å². The smallest absolute Gasteiger partial charge is 0.304 e. The maximum Gasteiger partial charge on any atom is 0.304 e. The van der Waals surface area contributed by atoms with E-state index in [9.17, 15) is 9.18 Å². The molecule has 0 saturated heterocycles. The molecule has 0 amide bonds. The molecule has 0 bridgehead atoms. The second-order valence-corrected chi connectivity index (χ2v) is 4.60. The summed E-state index contributed by atoms with van der Waals surface area (Å²) in [5.74, 6) is -0.703. The van der Waals surface area contributed by atoms with Gasteiger partial charge in [-0.1, -0.05) is 6.92 Å². The number of benzene rings is 1. The normalized spacial score (nSPS) is 12.4. The summed E-state index contributed by atoms with van der Waals surface area (Å²) >= 11 is 0. The molecule has 0 fully saturated rings. The van der Waals surface area contributed by atoms with Crippen LogP contribution in [0, 0.1) is 12.7 Å². The van der Waals surface area contributed by atoms with Crippen molar-refractivity contribution in [2.24, 2.45) is 0 Å². The third kappa shape index (κ3) is 2.99. The topological polar surface area (TPSA) is 66.0 Å². The second kappa shape index (κ2) is 5.22. The summed E-state index contributed by atoms with van der Waals surface area (Å²) in [4.78, 5) is 18.2. The van der Waals surface area contributed by atoms with Crippen LogP contribution in [0.15, 0.2) is 24.3 Å². The Labute approximate surface area is 110 Å². The summed E-state index contributed by atoms with van der Waals surface area (Å²) in [5.41, 5.74) is 2.38. The average Bonchev–Trinajstić information content (AvgIpc) is 2.72. The third-order valence-electron chi connectivity index (χ3n) is 2.97. The summed E-state index contributed by atoms with van der Waals surface area (Å²) in [7, 11) is 0. The summed E-state index contributed by atoms with van der Waals surface area (Å²) < 4.78 is 12.9. The van der Waals surface area contributed by atoms with Crippen LogP contribution in [0.2, 0.25) is 0 Å². The van der Waals surface area contributed by atoms with E-state index in [4.69, 9.17) is 5.11 Å². The molecule has 1 aromatic carbocycles. The van der Waals surface area contributed by atoms with E-state index in [2.05, 4.69) is 9.97 Å². The quantitative estimate of drug-likeness (QED) is 0.889. The van der Waals surface area contributed by atoms with E-state index in [0.717, 1.165) is 17.0 Å². The van der Waals surface area contributed by atoms with Crippen LogP contribution in [0.5, 0.6) is 0 Å². The van der Waals surface area contributed by atoms with E-state index >= 15 is 0 Å². The molecule has 4 nitrogen and oxygen atoms in total. The molecule has 0 radical (unpaired) electrons. The Kier molecular flexibility index (Phi) is 3.64. The molecule has 0 aliphatic rings. The number of carbonyl (C=O) groups is 1. The molecule has 0 aliphatic heterocycles. The maximum absolute atomic E-state index is 12.9. The van der Waals surface area contributed by atoms with Gasteiger partial charge in [0.2, 0.25) is 0 Å². The van der Waals surface area contributed by atoms with Crippen molar-refractivity contribution >= 4 is 5.97 Å². The van der Waals surface area contributed by atoms with E-state index in [1.54, 1.807) is 19.1 Å². The van der Waals surface area contributed by atoms with Crippen molar-refractivity contribution in [3.05, 3.63) is 41.6 Å². The predicted octanol–water partition coefficient (Wildman–Crippen LogP) is 3.10. The fraction of sp³-hybridized carbons (Fsp3) is 0.286. The predicted molar refractivity (Wildman–Crippen MR) is 69.4 cm³/mol. The van der Waals surface area contributed by atoms with E-state index in [0.29, 0.717) is 5.82 Å². The first kappa shape index (κ1) is 13.3. The Morgan fingerprint density at radius 2 is 2.05 bits per heavy atom. The summed E-state index contributed by atoms with van der Waals surface area (Å²) in [6.45, 7) is 3.67. The van der Waals surface area contributed by atoms with Crippen molar-refractivity contribution in [1.82, 2.24) is 9.97 Å². The van der Waals surface area contributed by atoms with E-state index < -0.39 is 5.97 Å². The Morgan fingerprint density at radius 1 is 1.42 bits per heavy atom. The van der Waals surface area contributed by atoms with Gasteiger partial charge in [0.25, 0.3) is 0 Å². The Bertz CT molecular complexity index is 590. The van der Waals surface area contributed by atoms with Crippen molar-refractivity contribution in [3.8, 4) is 11.3 Å². The zero-order valence-electron chi connectivity index (χ0n) is 10.8. The summed E-state index contributed by atoms with van der Waals surface area (Å²) in [5, 5.41) is 8.79. The van der Waals surface area contributed by atoms with Crippen LogP contribution >= 0.6 is 0 Å². The summed E-state index contributed by atoms with van der Waals surface area (Å²) in [6, 6.07) is 6.07. The maximum atomic E-state index is 12.9. The van der Waals surface area contributed by atoms with Gasteiger partial charge in [0, 0.05) is 17.2 Å². The zero-order chi connectivity index (χ0) is 14.0. The number of rotatable bonds is 4. The van der Waals surface area contributed by atoms with Gasteiger partial charge in [-0.05, 0) is 31.2 Å². The zero-order valence-corrected chi connectivity index (χ0v) is 10.8. The van der Waals surface area contributed by atoms with Crippen LogP contribution in [0.1, 0.15) is 30.8 Å². The molecule has 1 aromatic heterocycles. The van der Waals surface area contributed by atoms with Crippen LogP contribution in [-0.4, -0.2) is 21.0 Å². The lowest BCUT2D eigenvalue weighted by molar-refractivity contribution is -0.137. The molecule has 2 N–H and O–H groups in total. The third-order valence-corrected chi connectivity index (χ3v) is 2.97. The number of aromatic nitrogens is 2. The number of aliphatic carboxylic acids is 1. The van der Waals surface area contributed by atoms with Gasteiger partial charge < -0.3 is 10.1 Å². The number of H-pyrrole nitrogens is 1. The average molecular weight is 262 g/mol. The highest BCUT2D eigenvalue weighted by atomic mass is 19.1. The standard InChI is InChI=1S/C14H15FN2O2/c1-8(7-12(18)19)14-16-9(2)13(17-14)10-3-5-11(15)6-4-10/h3-6,8H,7H2,1-2H3,(H,16,17)(H,18,19). The van der Waals surface area contributed by atoms with Gasteiger partial charge in [-0.15, -0.1) is 0 Å². The van der Waals surface area contributed by atoms with Crippen molar-refractivity contribution < 1.29 is 14.3 Å². The van der Waals surface area contributed by atoms with Crippen molar-refractivity contribution in [3.63, 3.8) is 0 Å². The molecule has 2 rings (SSSR count). The number of nitrogens with zero attached hydrogens (tertiary/aromatic N) is 1. The highest BCUT2D eigenvalue weighted by molar-refractivity contribution is 5.68. The van der Waals surface area contributed by atoms with Gasteiger partial charge in [0.1, 0.15) is 11.6 Å². The van der Waals surface area contributed by atoms with Crippen LogP contribution < -0.4 is 0 Å². The van der Waals surface area contributed by atoms with Crippen LogP contribution in [-0.2, 0) is 4.79 Å². The lowest BCUT2D eigenvalue weighted by Crippen LogP contribution is -2.04. The highest BCUT2D eigenvalue weighted by Gasteiger charge is 2.16. The summed E-state index contributed by atoms with van der Waals surface area (Å²) in [6.07, 6.45) is 0.0236. The molecule has 0 spiro atoms. The van der Waals surface area contributed by atoms with Gasteiger partial charge in [-0.3, -0.25) is 4.79 Å². The van der Waals surface area contributed by atoms with E-state index in [-0.39, 0.29) is 18.2 Å². The first-order valence-electron chi connectivity index (χ1n) is 6.01. The van der Waals surface area contributed by atoms with E-state index in [1.807, 2.05) is 6.92 Å². The first-order valence-corrected chi connectivity index (χ1v) is 6.01. The highest BCUT2D eigenvalue weighted by Crippen LogP contribution is 2.25. The number of nitrogens with one attached hydrogen (secondary N) is 1. The number of hydrogen-bond acceptors (Lipinski definition) is 2. The van der Waals surface area contributed by atoms with Gasteiger partial charge in [-0.25, -0.2) is 9.37 Å². The Hall–Kier alpha value is -2.17. The van der Waals surface area contributed by atoms with Gasteiger partial charge >= 0.3 is 5.97 Å². The minimum absolute atomic E-state index is 0.0236. The SMILES string of the molecule is Cc1[nH]c(C(C)CC(=O)O)nc1-c1ccc(F)cc1. The largest absolute Gasteiger partial charge is 0.481 e. The number of halogens is 1. The Balaban J connectivity index is 2.30. The molecule has 0 aliphatic carbocycles. The van der Waals surface area contributed by atoms with Gasteiger partial charge in [-0.2, -0.15) is 0 Å². The molecule has 1 heterocycles. The Morgan fingerprint density at radius 3 is 2.63 bits per heavy atom. The number of hydrogen-bond donors (Lipinski definition) is 2. The van der Waals surface area contributed by atoms with Gasteiger partial charge in [0.05, 0.1) is 12.1 Å². The second-order valence-electron chi connectivity index (χ2n) is 4.60. The first-order chi connectivity index (χ1) is 8.97. The minimum Gasteiger partial charge on any atom is -0.481 e.